The molecule has 4 heterocycles. The van der Waals surface area contributed by atoms with Gasteiger partial charge < -0.3 is 10.1 Å². The molecule has 1 amide bonds. The lowest BCUT2D eigenvalue weighted by Crippen LogP contribution is -2.48. The van der Waals surface area contributed by atoms with Crippen molar-refractivity contribution in [3.63, 3.8) is 0 Å². The van der Waals surface area contributed by atoms with E-state index in [0.29, 0.717) is 29.0 Å². The van der Waals surface area contributed by atoms with Crippen molar-refractivity contribution in [3.05, 3.63) is 81.0 Å². The first kappa shape index (κ1) is 27.9. The number of ketones is 1. The Bertz CT molecular complexity index is 1690. The van der Waals surface area contributed by atoms with Crippen LogP contribution in [0.2, 0.25) is 5.02 Å². The topological polar surface area (TPSA) is 154 Å². The smallest absolute Gasteiger partial charge is 0.377 e. The van der Waals surface area contributed by atoms with Gasteiger partial charge in [-0.1, -0.05) is 11.6 Å². The Labute approximate surface area is 234 Å². The highest BCUT2D eigenvalue weighted by atomic mass is 35.5. The average molecular weight is 586 g/mol. The summed E-state index contributed by atoms with van der Waals surface area (Å²) in [6.45, 7) is 1.86. The van der Waals surface area contributed by atoms with Gasteiger partial charge in [0.15, 0.2) is 11.6 Å². The number of halogens is 4. The van der Waals surface area contributed by atoms with E-state index < -0.39 is 30.2 Å². The van der Waals surface area contributed by atoms with Crippen LogP contribution >= 0.6 is 11.6 Å². The number of nitrogens with zero attached hydrogens (tertiary/aromatic N) is 8. The summed E-state index contributed by atoms with van der Waals surface area (Å²) in [4.78, 5) is 31.0. The first-order chi connectivity index (χ1) is 19.5. The molecule has 0 saturated carbocycles. The van der Waals surface area contributed by atoms with E-state index in [2.05, 4.69) is 30.9 Å². The highest BCUT2D eigenvalue weighted by Crippen LogP contribution is 2.28. The van der Waals surface area contributed by atoms with Crippen LogP contribution in [-0.4, -0.2) is 65.9 Å². The Hall–Kier alpha value is -4.68. The summed E-state index contributed by atoms with van der Waals surface area (Å²) in [5, 5.41) is 26.2. The summed E-state index contributed by atoms with van der Waals surface area (Å²) in [5.41, 5.74) is 1.25. The highest BCUT2D eigenvalue weighted by Gasteiger charge is 2.38. The number of Topliss-reactive ketones (excluding diaryl/α,β-unsaturated/α-hetero) is 1. The fraction of sp³-hybridized carbons (Fsp3) is 0.280. The molecule has 1 fully saturated rings. The molecule has 4 aromatic rings. The molecule has 0 spiro atoms. The van der Waals surface area contributed by atoms with Gasteiger partial charge in [0, 0.05) is 18.2 Å². The number of tetrazole rings is 1. The predicted molar refractivity (Wildman–Crippen MR) is 134 cm³/mol. The van der Waals surface area contributed by atoms with Gasteiger partial charge in [0.05, 0.1) is 48.1 Å². The first-order valence-electron chi connectivity index (χ1n) is 12.0. The summed E-state index contributed by atoms with van der Waals surface area (Å²) in [6, 6.07) is 9.14. The number of carbonyl (C=O) groups is 2. The van der Waals surface area contributed by atoms with Crippen LogP contribution in [0, 0.1) is 18.3 Å². The number of amides is 1. The number of hydrogen-bond acceptors (Lipinski definition) is 9. The van der Waals surface area contributed by atoms with Crippen LogP contribution in [0.25, 0.3) is 5.82 Å². The van der Waals surface area contributed by atoms with Crippen LogP contribution in [0.1, 0.15) is 49.1 Å². The number of benzene rings is 1. The number of rotatable bonds is 8. The number of nitrogens with one attached hydrogen (secondary N) is 1. The zero-order valence-electron chi connectivity index (χ0n) is 21.2. The lowest BCUT2D eigenvalue weighted by atomic mass is 9.93. The third-order valence-electron chi connectivity index (χ3n) is 6.24. The Morgan fingerprint density at radius 3 is 2.71 bits per heavy atom. The second-order valence-electron chi connectivity index (χ2n) is 9.14. The molecule has 0 bridgehead atoms. The van der Waals surface area contributed by atoms with E-state index in [4.69, 9.17) is 16.3 Å². The molecule has 1 N–H and O–H groups in total. The maximum Gasteiger partial charge on any atom is 0.453 e. The van der Waals surface area contributed by atoms with Crippen LogP contribution in [0.5, 0.6) is 0 Å². The van der Waals surface area contributed by atoms with Crippen molar-refractivity contribution >= 4 is 23.3 Å². The summed E-state index contributed by atoms with van der Waals surface area (Å²) < 4.78 is 46.7. The molecule has 210 valence electrons. The number of aromatic nitrogens is 7. The van der Waals surface area contributed by atoms with E-state index in [1.54, 1.807) is 19.1 Å². The number of ether oxygens (including phenoxy) is 1. The third kappa shape index (κ3) is 5.79. The van der Waals surface area contributed by atoms with Gasteiger partial charge in [0.2, 0.25) is 0 Å². The molecule has 0 unspecified atom stereocenters. The van der Waals surface area contributed by atoms with Crippen LogP contribution in [-0.2, 0) is 23.9 Å². The molecule has 16 heteroatoms. The first-order valence-corrected chi connectivity index (χ1v) is 12.4. The van der Waals surface area contributed by atoms with E-state index in [9.17, 15) is 28.0 Å². The number of nitriles is 1. The van der Waals surface area contributed by atoms with E-state index >= 15 is 0 Å². The number of alkyl halides is 3. The predicted octanol–water partition coefficient (Wildman–Crippen LogP) is 2.71. The molecule has 1 saturated heterocycles. The third-order valence-corrected chi connectivity index (χ3v) is 6.53. The molecule has 12 nitrogen and oxygen atoms in total. The Morgan fingerprint density at radius 2 is 2.05 bits per heavy atom. The molecule has 0 atom stereocenters. The fourth-order valence-electron chi connectivity index (χ4n) is 4.22. The van der Waals surface area contributed by atoms with Gasteiger partial charge in [-0.2, -0.15) is 23.5 Å². The molecule has 41 heavy (non-hydrogen) atoms. The minimum atomic E-state index is -4.81. The van der Waals surface area contributed by atoms with Crippen LogP contribution in [0.3, 0.4) is 0 Å². The number of hydrogen-bond donors (Lipinski definition) is 1. The molecular formula is C25H19ClF3N9O3. The van der Waals surface area contributed by atoms with E-state index in [1.165, 1.54) is 24.4 Å². The Kier molecular flexibility index (Phi) is 7.52. The van der Waals surface area contributed by atoms with Gasteiger partial charge in [0.25, 0.3) is 11.7 Å². The lowest BCUT2D eigenvalue weighted by Gasteiger charge is -2.27. The van der Waals surface area contributed by atoms with Crippen molar-refractivity contribution in [1.29, 1.82) is 5.26 Å². The Morgan fingerprint density at radius 1 is 1.27 bits per heavy atom. The van der Waals surface area contributed by atoms with E-state index in [1.807, 2.05) is 6.07 Å². The van der Waals surface area contributed by atoms with Crippen molar-refractivity contribution in [2.24, 2.45) is 0 Å². The monoisotopic (exact) mass is 585 g/mol. The molecule has 5 rings (SSSR count). The van der Waals surface area contributed by atoms with Crippen molar-refractivity contribution in [3.8, 4) is 11.9 Å². The van der Waals surface area contributed by atoms with Gasteiger partial charge in [-0.25, -0.2) is 14.3 Å². The second-order valence-corrected chi connectivity index (χ2v) is 9.55. The molecule has 3 aromatic heterocycles. The standard InChI is InChI=1S/C25H19ClF3N9O3/c1-13-5-14(9-30)6-18(23(40)32-16-11-41-12-16)17(13)8-21(39)20-7-15(10-37-24(25(27,28)29)33-35-36-37)34-38(20)22-19(26)3-2-4-31-22/h2-7,16H,8,10-12H2,1H3,(H,32,40). The lowest BCUT2D eigenvalue weighted by molar-refractivity contribution is -0.147. The normalized spacial score (nSPS) is 13.5. The van der Waals surface area contributed by atoms with E-state index in [-0.39, 0.29) is 45.8 Å². The Balaban J connectivity index is 1.54. The summed E-state index contributed by atoms with van der Waals surface area (Å²) in [5.74, 6) is -2.28. The zero-order valence-corrected chi connectivity index (χ0v) is 21.9. The molecule has 1 aromatic carbocycles. The highest BCUT2D eigenvalue weighted by molar-refractivity contribution is 6.32. The summed E-state index contributed by atoms with van der Waals surface area (Å²) >= 11 is 6.31. The maximum atomic E-state index is 13.8. The second kappa shape index (κ2) is 11.1. The SMILES string of the molecule is Cc1cc(C#N)cc(C(=O)NC2COC2)c1CC(=O)c1cc(Cn2nnnc2C(F)(F)F)nn1-c1ncccc1Cl. The number of aryl methyl sites for hydroxylation is 1. The maximum absolute atomic E-state index is 13.8. The summed E-state index contributed by atoms with van der Waals surface area (Å²) in [6.07, 6.45) is -3.70. The average Bonchev–Trinajstić information content (AvgIpc) is 3.55. The minimum Gasteiger partial charge on any atom is -0.377 e. The van der Waals surface area contributed by atoms with Gasteiger partial charge in [0.1, 0.15) is 5.69 Å². The largest absolute Gasteiger partial charge is 0.453 e. The van der Waals surface area contributed by atoms with Crippen molar-refractivity contribution < 1.29 is 27.5 Å². The molecule has 0 radical (unpaired) electrons. The molecule has 1 aliphatic rings. The number of carbonyl (C=O) groups excluding carboxylic acids is 2. The fourth-order valence-corrected chi connectivity index (χ4v) is 4.42. The number of pyridine rings is 1. The van der Waals surface area contributed by atoms with Gasteiger partial charge in [-0.3, -0.25) is 9.59 Å². The quantitative estimate of drug-likeness (QED) is 0.307. The molecule has 1 aliphatic heterocycles. The molecule has 0 aliphatic carbocycles. The minimum absolute atomic E-state index is 0.0207. The molecular weight excluding hydrogens is 567 g/mol. The van der Waals surface area contributed by atoms with Crippen LogP contribution in [0.4, 0.5) is 13.2 Å². The van der Waals surface area contributed by atoms with E-state index in [0.717, 1.165) is 4.68 Å². The van der Waals surface area contributed by atoms with Crippen molar-refractivity contribution in [1.82, 2.24) is 40.3 Å². The van der Waals surface area contributed by atoms with Crippen molar-refractivity contribution in [2.75, 3.05) is 13.2 Å². The van der Waals surface area contributed by atoms with Crippen LogP contribution < -0.4 is 5.32 Å². The zero-order chi connectivity index (χ0) is 29.3. The summed E-state index contributed by atoms with van der Waals surface area (Å²) in [7, 11) is 0. The van der Waals surface area contributed by atoms with Crippen molar-refractivity contribution in [2.45, 2.75) is 32.1 Å². The van der Waals surface area contributed by atoms with Gasteiger partial charge in [-0.05, 0) is 58.8 Å². The van der Waals surface area contributed by atoms with Crippen LogP contribution in [0.15, 0.2) is 36.5 Å². The van der Waals surface area contributed by atoms with Gasteiger partial charge in [-0.15, -0.1) is 5.10 Å². The van der Waals surface area contributed by atoms with Gasteiger partial charge >= 0.3 is 6.18 Å².